The fourth-order valence-electron chi connectivity index (χ4n) is 4.23. The second-order valence-electron chi connectivity index (χ2n) is 8.40. The summed E-state index contributed by atoms with van der Waals surface area (Å²) in [6.07, 6.45) is 2.57. The number of aliphatic hydroxyl groups excluding tert-OH is 2. The van der Waals surface area contributed by atoms with E-state index in [2.05, 4.69) is 21.7 Å². The second kappa shape index (κ2) is 9.30. The minimum absolute atomic E-state index is 0.0722. The highest BCUT2D eigenvalue weighted by Crippen LogP contribution is 2.38. The molecule has 0 amide bonds. The van der Waals surface area contributed by atoms with Crippen LogP contribution in [-0.4, -0.2) is 48.9 Å². The van der Waals surface area contributed by atoms with E-state index in [-0.39, 0.29) is 18.6 Å². The van der Waals surface area contributed by atoms with Crippen molar-refractivity contribution in [2.24, 2.45) is 5.92 Å². The fourth-order valence-corrected chi connectivity index (χ4v) is 6.02. The van der Waals surface area contributed by atoms with Gasteiger partial charge >= 0.3 is 0 Å². The Kier molecular flexibility index (Phi) is 6.24. The summed E-state index contributed by atoms with van der Waals surface area (Å²) in [5.41, 5.74) is 2.58. The Morgan fingerprint density at radius 1 is 1.09 bits per heavy atom. The van der Waals surface area contributed by atoms with Gasteiger partial charge in [-0.1, -0.05) is 12.1 Å². The summed E-state index contributed by atoms with van der Waals surface area (Å²) in [4.78, 5) is 19.9. The van der Waals surface area contributed by atoms with Crippen LogP contribution in [0.1, 0.15) is 28.4 Å². The summed E-state index contributed by atoms with van der Waals surface area (Å²) in [6.45, 7) is 4.59. The molecule has 1 aliphatic rings. The van der Waals surface area contributed by atoms with Gasteiger partial charge in [0.2, 0.25) is 5.95 Å². The Bertz CT molecular complexity index is 1240. The zero-order valence-corrected chi connectivity index (χ0v) is 20.1. The van der Waals surface area contributed by atoms with E-state index < -0.39 is 6.10 Å². The lowest BCUT2D eigenvalue weighted by Gasteiger charge is -2.20. The first kappa shape index (κ1) is 22.1. The van der Waals surface area contributed by atoms with Crippen LogP contribution < -0.4 is 10.6 Å². The molecule has 3 aromatic heterocycles. The maximum atomic E-state index is 10.6. The van der Waals surface area contributed by atoms with Crippen LogP contribution in [0.25, 0.3) is 20.8 Å². The van der Waals surface area contributed by atoms with Gasteiger partial charge in [-0.25, -0.2) is 15.0 Å². The number of benzene rings is 1. The van der Waals surface area contributed by atoms with Crippen molar-refractivity contribution in [3.63, 3.8) is 0 Å². The van der Waals surface area contributed by atoms with Crippen molar-refractivity contribution in [3.8, 4) is 10.6 Å². The lowest BCUT2D eigenvalue weighted by atomic mass is 10.1. The highest BCUT2D eigenvalue weighted by molar-refractivity contribution is 7.21. The molecular formula is C23H26N6O2S2. The quantitative estimate of drug-likeness (QED) is 0.313. The molecule has 0 unspecified atom stereocenters. The van der Waals surface area contributed by atoms with Gasteiger partial charge in [-0.2, -0.15) is 4.98 Å². The van der Waals surface area contributed by atoms with Crippen molar-refractivity contribution in [2.45, 2.75) is 45.4 Å². The third kappa shape index (κ3) is 4.70. The molecule has 1 fully saturated rings. The summed E-state index contributed by atoms with van der Waals surface area (Å²) in [5, 5.41) is 28.7. The van der Waals surface area contributed by atoms with E-state index in [1.54, 1.807) is 22.7 Å². The van der Waals surface area contributed by atoms with Gasteiger partial charge in [-0.05, 0) is 44.7 Å². The molecule has 0 saturated heterocycles. The number of nitrogens with zero attached hydrogens (tertiary/aromatic N) is 4. The van der Waals surface area contributed by atoms with Crippen LogP contribution in [0.5, 0.6) is 0 Å². The summed E-state index contributed by atoms with van der Waals surface area (Å²) in [7, 11) is 0. The number of nitrogens with one attached hydrogen (secondary N) is 2. The lowest BCUT2D eigenvalue weighted by Crippen LogP contribution is -2.29. The largest absolute Gasteiger partial charge is 0.396 e. The van der Waals surface area contributed by atoms with Crippen molar-refractivity contribution in [2.75, 3.05) is 17.2 Å². The monoisotopic (exact) mass is 482 g/mol. The normalized spacial score (nSPS) is 20.4. The van der Waals surface area contributed by atoms with Crippen molar-refractivity contribution < 1.29 is 10.2 Å². The molecule has 3 heterocycles. The van der Waals surface area contributed by atoms with Crippen LogP contribution in [0.3, 0.4) is 0 Å². The number of hydrogen-bond acceptors (Lipinski definition) is 10. The topological polar surface area (TPSA) is 116 Å². The van der Waals surface area contributed by atoms with E-state index in [1.165, 1.54) is 0 Å². The third-order valence-corrected chi connectivity index (χ3v) is 7.84. The van der Waals surface area contributed by atoms with E-state index in [0.29, 0.717) is 31.2 Å². The number of aliphatic hydroxyl groups is 2. The first-order chi connectivity index (χ1) is 16.0. The Hall–Kier alpha value is -2.66. The number of para-hydroxylation sites is 1. The summed E-state index contributed by atoms with van der Waals surface area (Å²) in [5.74, 6) is 1.22. The minimum atomic E-state index is -0.546. The van der Waals surface area contributed by atoms with Gasteiger partial charge in [0.25, 0.3) is 0 Å². The molecule has 8 nitrogen and oxygen atoms in total. The first-order valence-corrected chi connectivity index (χ1v) is 12.6. The van der Waals surface area contributed by atoms with Gasteiger partial charge < -0.3 is 20.8 Å². The summed E-state index contributed by atoms with van der Waals surface area (Å²) >= 11 is 3.24. The van der Waals surface area contributed by atoms with Crippen LogP contribution in [0.15, 0.2) is 30.5 Å². The van der Waals surface area contributed by atoms with Gasteiger partial charge in [0.1, 0.15) is 15.8 Å². The summed E-state index contributed by atoms with van der Waals surface area (Å²) in [6, 6.07) is 7.84. The summed E-state index contributed by atoms with van der Waals surface area (Å²) < 4.78 is 1.10. The Labute approximate surface area is 199 Å². The molecule has 1 saturated carbocycles. The predicted molar refractivity (Wildman–Crippen MR) is 133 cm³/mol. The predicted octanol–water partition coefficient (Wildman–Crippen LogP) is 3.98. The van der Waals surface area contributed by atoms with E-state index in [0.717, 1.165) is 36.4 Å². The molecule has 1 aliphatic carbocycles. The number of aryl methyl sites for hydroxylation is 2. The highest BCUT2D eigenvalue weighted by atomic mass is 32.1. The molecule has 1 aromatic carbocycles. The van der Waals surface area contributed by atoms with Crippen LogP contribution in [0, 0.1) is 19.8 Å². The van der Waals surface area contributed by atoms with Crippen molar-refractivity contribution in [1.29, 1.82) is 0 Å². The average molecular weight is 483 g/mol. The van der Waals surface area contributed by atoms with E-state index in [4.69, 9.17) is 15.0 Å². The molecule has 4 aromatic rings. The molecule has 33 heavy (non-hydrogen) atoms. The fraction of sp³-hybridized carbons (Fsp3) is 0.391. The average Bonchev–Trinajstić information content (AvgIpc) is 3.50. The van der Waals surface area contributed by atoms with Gasteiger partial charge in [0, 0.05) is 17.7 Å². The number of anilines is 2. The van der Waals surface area contributed by atoms with E-state index in [1.807, 2.05) is 38.2 Å². The Morgan fingerprint density at radius 2 is 1.94 bits per heavy atom. The Morgan fingerprint density at radius 3 is 2.67 bits per heavy atom. The van der Waals surface area contributed by atoms with Crippen molar-refractivity contribution in [1.82, 2.24) is 19.9 Å². The highest BCUT2D eigenvalue weighted by Gasteiger charge is 2.33. The van der Waals surface area contributed by atoms with Gasteiger partial charge in [0.15, 0.2) is 0 Å². The molecule has 0 radical (unpaired) electrons. The van der Waals surface area contributed by atoms with Crippen molar-refractivity contribution in [3.05, 3.63) is 46.0 Å². The molecule has 0 aliphatic heterocycles. The first-order valence-electron chi connectivity index (χ1n) is 11.0. The molecule has 5 rings (SSSR count). The van der Waals surface area contributed by atoms with E-state index >= 15 is 0 Å². The number of thiazole rings is 2. The third-order valence-electron chi connectivity index (χ3n) is 5.87. The number of aromatic nitrogens is 4. The van der Waals surface area contributed by atoms with Gasteiger partial charge in [-0.15, -0.1) is 22.7 Å². The van der Waals surface area contributed by atoms with E-state index in [9.17, 15) is 10.2 Å². The molecule has 172 valence electrons. The lowest BCUT2D eigenvalue weighted by molar-refractivity contribution is 0.157. The number of rotatable bonds is 7. The zero-order chi connectivity index (χ0) is 22.9. The minimum Gasteiger partial charge on any atom is -0.396 e. The molecule has 4 N–H and O–H groups in total. The zero-order valence-electron chi connectivity index (χ0n) is 18.4. The molecule has 3 atom stereocenters. The maximum Gasteiger partial charge on any atom is 0.225 e. The van der Waals surface area contributed by atoms with Crippen molar-refractivity contribution >= 4 is 44.7 Å². The van der Waals surface area contributed by atoms with Crippen LogP contribution >= 0.6 is 22.7 Å². The van der Waals surface area contributed by atoms with Gasteiger partial charge in [-0.3, -0.25) is 0 Å². The van der Waals surface area contributed by atoms with Crippen LogP contribution in [-0.2, 0) is 6.54 Å². The molecular weight excluding hydrogens is 456 g/mol. The van der Waals surface area contributed by atoms with Gasteiger partial charge in [0.05, 0.1) is 40.2 Å². The molecule has 10 heteroatoms. The Balaban J connectivity index is 1.50. The number of hydrogen-bond donors (Lipinski definition) is 4. The number of fused-ring (bicyclic) bond motifs is 1. The smallest absolute Gasteiger partial charge is 0.225 e. The van der Waals surface area contributed by atoms with Crippen LogP contribution in [0.2, 0.25) is 0 Å². The SMILES string of the molecule is Cc1cnc(CNc2nc(C)c(-c3nc4ccccc4s3)c(N[C@@H]3C[C@H](CO)C[C@H]3O)n2)s1. The molecule has 0 bridgehead atoms. The maximum absolute atomic E-state index is 10.6. The molecule has 0 spiro atoms. The van der Waals surface area contributed by atoms with Crippen LogP contribution in [0.4, 0.5) is 11.8 Å². The standard InChI is InChI=1S/C23H26N6O2S2/c1-12-9-24-19(32-12)10-25-23-26-13(2)20(22-28-15-5-3-4-6-18(15)33-22)21(29-23)27-16-7-14(11-30)8-17(16)31/h3-6,9,14,16-17,30-31H,7-8,10-11H2,1-2H3,(H2,25,26,27,29)/t14-,16+,17+/m0/s1. The second-order valence-corrected chi connectivity index (χ2v) is 10.7.